The van der Waals surface area contributed by atoms with Crippen molar-refractivity contribution in [1.82, 2.24) is 25.5 Å². The summed E-state index contributed by atoms with van der Waals surface area (Å²) in [6.07, 6.45) is -4.47. The molecule has 0 unspecified atom stereocenters. The third-order valence-corrected chi connectivity index (χ3v) is 4.15. The largest absolute Gasteiger partial charge is 0.416 e. The van der Waals surface area contributed by atoms with E-state index >= 15 is 0 Å². The maximum atomic E-state index is 12.8. The highest BCUT2D eigenvalue weighted by atomic mass is 35.5. The van der Waals surface area contributed by atoms with Gasteiger partial charge in [0, 0.05) is 10.6 Å². The molecule has 1 heterocycles. The number of hydrogen-bond acceptors (Lipinski definition) is 4. The Bertz CT molecular complexity index is 989. The fourth-order valence-corrected chi connectivity index (χ4v) is 2.73. The Labute approximate surface area is 163 Å². The molecule has 1 aromatic heterocycles. The van der Waals surface area contributed by atoms with Gasteiger partial charge in [0.1, 0.15) is 6.54 Å². The van der Waals surface area contributed by atoms with Crippen molar-refractivity contribution in [1.29, 1.82) is 0 Å². The number of amides is 1. The van der Waals surface area contributed by atoms with Gasteiger partial charge in [-0.25, -0.2) is 0 Å². The molecule has 0 saturated heterocycles. The van der Waals surface area contributed by atoms with Gasteiger partial charge in [0.25, 0.3) is 0 Å². The lowest BCUT2D eigenvalue weighted by atomic mass is 10.1. The monoisotopic (exact) mass is 409 g/mol. The first-order valence-electron chi connectivity index (χ1n) is 8.22. The molecule has 6 nitrogen and oxygen atoms in total. The van der Waals surface area contributed by atoms with E-state index in [2.05, 4.69) is 20.7 Å². The van der Waals surface area contributed by atoms with Crippen LogP contribution in [0.1, 0.15) is 24.1 Å². The molecule has 0 saturated carbocycles. The first-order chi connectivity index (χ1) is 13.2. The number of benzene rings is 2. The van der Waals surface area contributed by atoms with Gasteiger partial charge in [0.2, 0.25) is 11.7 Å². The standard InChI is InChI=1S/C18H15ClF3N5O/c1-11(12-4-3-7-15(19)9-12)23-16(28)10-27-25-17(24-26-27)13-5-2-6-14(8-13)18(20,21)22/h2-9,11H,10H2,1H3,(H,23,28)/t11-/m1/s1. The third-order valence-electron chi connectivity index (χ3n) is 3.91. The molecule has 0 aliphatic rings. The summed E-state index contributed by atoms with van der Waals surface area (Å²) in [7, 11) is 0. The highest BCUT2D eigenvalue weighted by molar-refractivity contribution is 6.30. The van der Waals surface area contributed by atoms with Gasteiger partial charge < -0.3 is 5.32 Å². The molecule has 0 bridgehead atoms. The average Bonchev–Trinajstić information content (AvgIpc) is 3.09. The van der Waals surface area contributed by atoms with E-state index in [1.807, 2.05) is 6.07 Å². The molecule has 3 aromatic rings. The molecule has 146 valence electrons. The Balaban J connectivity index is 1.67. The normalized spacial score (nSPS) is 12.6. The predicted octanol–water partition coefficient (Wildman–Crippen LogP) is 3.89. The van der Waals surface area contributed by atoms with Crippen LogP contribution >= 0.6 is 11.6 Å². The van der Waals surface area contributed by atoms with Crippen molar-refractivity contribution >= 4 is 17.5 Å². The zero-order valence-electron chi connectivity index (χ0n) is 14.6. The van der Waals surface area contributed by atoms with Crippen molar-refractivity contribution in [2.24, 2.45) is 0 Å². The second kappa shape index (κ2) is 7.97. The van der Waals surface area contributed by atoms with Crippen molar-refractivity contribution < 1.29 is 18.0 Å². The summed E-state index contributed by atoms with van der Waals surface area (Å²) >= 11 is 5.94. The topological polar surface area (TPSA) is 72.7 Å². The number of carbonyl (C=O) groups is 1. The van der Waals surface area contributed by atoms with E-state index < -0.39 is 11.7 Å². The van der Waals surface area contributed by atoms with E-state index in [0.29, 0.717) is 5.02 Å². The Morgan fingerprint density at radius 3 is 2.68 bits per heavy atom. The van der Waals surface area contributed by atoms with E-state index in [1.165, 1.54) is 12.1 Å². The van der Waals surface area contributed by atoms with Gasteiger partial charge in [-0.15, -0.1) is 10.2 Å². The first-order valence-corrected chi connectivity index (χ1v) is 8.60. The highest BCUT2D eigenvalue weighted by Gasteiger charge is 2.30. The van der Waals surface area contributed by atoms with Crippen LogP contribution in [0, 0.1) is 0 Å². The van der Waals surface area contributed by atoms with Crippen LogP contribution in [-0.4, -0.2) is 26.1 Å². The molecule has 1 atom stereocenters. The van der Waals surface area contributed by atoms with Gasteiger partial charge >= 0.3 is 6.18 Å². The van der Waals surface area contributed by atoms with E-state index in [9.17, 15) is 18.0 Å². The smallest absolute Gasteiger partial charge is 0.348 e. The molecule has 0 spiro atoms. The van der Waals surface area contributed by atoms with Crippen molar-refractivity contribution in [3.05, 3.63) is 64.7 Å². The Morgan fingerprint density at radius 1 is 1.21 bits per heavy atom. The number of hydrogen-bond donors (Lipinski definition) is 1. The Kier molecular flexibility index (Phi) is 5.64. The quantitative estimate of drug-likeness (QED) is 0.694. The van der Waals surface area contributed by atoms with Gasteiger partial charge in [0.15, 0.2) is 0 Å². The summed E-state index contributed by atoms with van der Waals surface area (Å²) < 4.78 is 38.5. The average molecular weight is 410 g/mol. The number of halogens is 4. The summed E-state index contributed by atoms with van der Waals surface area (Å²) in [4.78, 5) is 13.2. The summed E-state index contributed by atoms with van der Waals surface area (Å²) in [5.74, 6) is -0.373. The number of nitrogens with zero attached hydrogens (tertiary/aromatic N) is 4. The molecule has 1 amide bonds. The summed E-state index contributed by atoms with van der Waals surface area (Å²) in [5.41, 5.74) is 0.181. The van der Waals surface area contributed by atoms with E-state index in [-0.39, 0.29) is 29.9 Å². The summed E-state index contributed by atoms with van der Waals surface area (Å²) in [6.45, 7) is 1.57. The minimum absolute atomic E-state index is 0.00166. The second-order valence-corrected chi connectivity index (χ2v) is 6.50. The van der Waals surface area contributed by atoms with Crippen molar-refractivity contribution in [2.75, 3.05) is 0 Å². The number of carbonyl (C=O) groups excluding carboxylic acids is 1. The summed E-state index contributed by atoms with van der Waals surface area (Å²) in [5, 5.41) is 14.8. The molecule has 1 N–H and O–H groups in total. The first kappa shape index (κ1) is 19.8. The molecule has 3 rings (SSSR count). The number of rotatable bonds is 5. The maximum Gasteiger partial charge on any atom is 0.416 e. The van der Waals surface area contributed by atoms with E-state index in [0.717, 1.165) is 22.5 Å². The maximum absolute atomic E-state index is 12.8. The van der Waals surface area contributed by atoms with Crippen LogP contribution in [0.4, 0.5) is 13.2 Å². The van der Waals surface area contributed by atoms with Crippen LogP contribution < -0.4 is 5.32 Å². The SMILES string of the molecule is C[C@@H](NC(=O)Cn1nnc(-c2cccc(C(F)(F)F)c2)n1)c1cccc(Cl)c1. The van der Waals surface area contributed by atoms with Gasteiger partial charge in [-0.1, -0.05) is 35.9 Å². The van der Waals surface area contributed by atoms with Crippen LogP contribution in [0.25, 0.3) is 11.4 Å². The van der Waals surface area contributed by atoms with Crippen LogP contribution in [0.2, 0.25) is 5.02 Å². The summed E-state index contributed by atoms with van der Waals surface area (Å²) in [6, 6.07) is 11.4. The van der Waals surface area contributed by atoms with Crippen LogP contribution in [0.15, 0.2) is 48.5 Å². The van der Waals surface area contributed by atoms with Gasteiger partial charge in [0.05, 0.1) is 11.6 Å². The van der Waals surface area contributed by atoms with Crippen molar-refractivity contribution in [3.63, 3.8) is 0 Å². The minimum atomic E-state index is -4.47. The molecule has 0 aliphatic heterocycles. The lowest BCUT2D eigenvalue weighted by Gasteiger charge is -2.14. The molecular weight excluding hydrogens is 395 g/mol. The number of aromatic nitrogens is 4. The van der Waals surface area contributed by atoms with Gasteiger partial charge in [-0.05, 0) is 42.0 Å². The highest BCUT2D eigenvalue weighted by Crippen LogP contribution is 2.31. The van der Waals surface area contributed by atoms with Crippen LogP contribution in [-0.2, 0) is 17.5 Å². The Morgan fingerprint density at radius 2 is 1.96 bits per heavy atom. The molecule has 0 radical (unpaired) electrons. The molecule has 2 aromatic carbocycles. The molecule has 0 aliphatic carbocycles. The molecule has 28 heavy (non-hydrogen) atoms. The second-order valence-electron chi connectivity index (χ2n) is 6.07. The molecule has 0 fully saturated rings. The van der Waals surface area contributed by atoms with Crippen LogP contribution in [0.3, 0.4) is 0 Å². The molecular formula is C18H15ClF3N5O. The third kappa shape index (κ3) is 4.86. The van der Waals surface area contributed by atoms with E-state index in [4.69, 9.17) is 11.6 Å². The zero-order chi connectivity index (χ0) is 20.3. The van der Waals surface area contributed by atoms with E-state index in [1.54, 1.807) is 25.1 Å². The van der Waals surface area contributed by atoms with Gasteiger partial charge in [-0.2, -0.15) is 18.0 Å². The number of nitrogens with one attached hydrogen (secondary N) is 1. The predicted molar refractivity (Wildman–Crippen MR) is 96.3 cm³/mol. The number of tetrazole rings is 1. The fraction of sp³-hybridized carbons (Fsp3) is 0.222. The van der Waals surface area contributed by atoms with Gasteiger partial charge in [-0.3, -0.25) is 4.79 Å². The lowest BCUT2D eigenvalue weighted by molar-refractivity contribution is -0.137. The van der Waals surface area contributed by atoms with Crippen LogP contribution in [0.5, 0.6) is 0 Å². The minimum Gasteiger partial charge on any atom is -0.348 e. The molecule has 10 heteroatoms. The van der Waals surface area contributed by atoms with Crippen molar-refractivity contribution in [3.8, 4) is 11.4 Å². The Hall–Kier alpha value is -2.94. The zero-order valence-corrected chi connectivity index (χ0v) is 15.4. The number of alkyl halides is 3. The fourth-order valence-electron chi connectivity index (χ4n) is 2.54. The lowest BCUT2D eigenvalue weighted by Crippen LogP contribution is -2.30. The van der Waals surface area contributed by atoms with Crippen molar-refractivity contribution in [2.45, 2.75) is 25.7 Å².